The summed E-state index contributed by atoms with van der Waals surface area (Å²) in [5, 5.41) is 21.0. The summed E-state index contributed by atoms with van der Waals surface area (Å²) in [5.74, 6) is -0.354. The Labute approximate surface area is 111 Å². The minimum absolute atomic E-state index is 0.117. The lowest BCUT2D eigenvalue weighted by molar-refractivity contribution is 0.136. The normalized spacial score (nSPS) is 21.7. The molecule has 0 spiro atoms. The molecular formula is C13H18FN3O2. The fraction of sp³-hybridized carbons (Fsp3) is 0.462. The predicted molar refractivity (Wildman–Crippen MR) is 70.9 cm³/mol. The maximum atomic E-state index is 14.0. The number of halogens is 1. The summed E-state index contributed by atoms with van der Waals surface area (Å²) in [6, 6.07) is 4.48. The average Bonchev–Trinajstić information content (AvgIpc) is 2.87. The SMILES string of the molecule is CC(O)C1CCN(c2ccc(/C(N)=N/O)cc2F)C1. The maximum Gasteiger partial charge on any atom is 0.170 e. The molecule has 0 amide bonds. The number of aliphatic hydroxyl groups excluding tert-OH is 1. The smallest absolute Gasteiger partial charge is 0.170 e. The van der Waals surface area contributed by atoms with Gasteiger partial charge in [-0.2, -0.15) is 0 Å². The van der Waals surface area contributed by atoms with E-state index in [4.69, 9.17) is 10.9 Å². The first-order valence-corrected chi connectivity index (χ1v) is 6.23. The van der Waals surface area contributed by atoms with E-state index in [0.717, 1.165) is 13.0 Å². The molecule has 0 bridgehead atoms. The number of nitrogens with two attached hydrogens (primary N) is 1. The zero-order valence-electron chi connectivity index (χ0n) is 10.8. The van der Waals surface area contributed by atoms with E-state index in [0.29, 0.717) is 17.8 Å². The molecule has 0 saturated carbocycles. The molecule has 1 aromatic carbocycles. The Kier molecular flexibility index (Phi) is 3.90. The first-order valence-electron chi connectivity index (χ1n) is 6.23. The van der Waals surface area contributed by atoms with Gasteiger partial charge in [0, 0.05) is 24.6 Å². The lowest BCUT2D eigenvalue weighted by Crippen LogP contribution is -2.25. The quantitative estimate of drug-likeness (QED) is 0.332. The predicted octanol–water partition coefficient (Wildman–Crippen LogP) is 1.13. The van der Waals surface area contributed by atoms with Crippen LogP contribution in [0.4, 0.5) is 10.1 Å². The van der Waals surface area contributed by atoms with Gasteiger partial charge in [-0.1, -0.05) is 5.16 Å². The van der Waals surface area contributed by atoms with Crippen LogP contribution in [0.2, 0.25) is 0 Å². The first kappa shape index (κ1) is 13.6. The van der Waals surface area contributed by atoms with Gasteiger partial charge in [-0.15, -0.1) is 0 Å². The lowest BCUT2D eigenvalue weighted by atomic mass is 10.0. The second-order valence-electron chi connectivity index (χ2n) is 4.89. The molecule has 19 heavy (non-hydrogen) atoms. The summed E-state index contributed by atoms with van der Waals surface area (Å²) in [6.45, 7) is 3.11. The number of benzene rings is 1. The van der Waals surface area contributed by atoms with Crippen molar-refractivity contribution in [1.82, 2.24) is 0 Å². The van der Waals surface area contributed by atoms with Crippen molar-refractivity contribution in [3.63, 3.8) is 0 Å². The molecule has 4 N–H and O–H groups in total. The topological polar surface area (TPSA) is 82.1 Å². The molecule has 2 unspecified atom stereocenters. The molecular weight excluding hydrogens is 249 g/mol. The maximum absolute atomic E-state index is 14.0. The average molecular weight is 267 g/mol. The van der Waals surface area contributed by atoms with E-state index in [1.54, 1.807) is 19.1 Å². The third kappa shape index (κ3) is 2.78. The fourth-order valence-corrected chi connectivity index (χ4v) is 2.38. The van der Waals surface area contributed by atoms with Gasteiger partial charge >= 0.3 is 0 Å². The van der Waals surface area contributed by atoms with Crippen LogP contribution in [0.5, 0.6) is 0 Å². The Morgan fingerprint density at radius 2 is 2.32 bits per heavy atom. The van der Waals surface area contributed by atoms with Crippen LogP contribution in [0.3, 0.4) is 0 Å². The van der Waals surface area contributed by atoms with Gasteiger partial charge in [0.2, 0.25) is 0 Å². The van der Waals surface area contributed by atoms with Crippen molar-refractivity contribution in [3.05, 3.63) is 29.6 Å². The Morgan fingerprint density at radius 1 is 1.58 bits per heavy atom. The summed E-state index contributed by atoms with van der Waals surface area (Å²) in [5.41, 5.74) is 6.24. The van der Waals surface area contributed by atoms with Crippen LogP contribution in [-0.4, -0.2) is 35.3 Å². The van der Waals surface area contributed by atoms with Crippen LogP contribution in [-0.2, 0) is 0 Å². The molecule has 1 heterocycles. The van der Waals surface area contributed by atoms with Crippen molar-refractivity contribution in [3.8, 4) is 0 Å². The molecule has 2 atom stereocenters. The van der Waals surface area contributed by atoms with Gasteiger partial charge in [0.25, 0.3) is 0 Å². The van der Waals surface area contributed by atoms with Crippen molar-refractivity contribution in [1.29, 1.82) is 0 Å². The van der Waals surface area contributed by atoms with Gasteiger partial charge in [0.15, 0.2) is 5.84 Å². The Bertz CT molecular complexity index is 491. The minimum Gasteiger partial charge on any atom is -0.409 e. The summed E-state index contributed by atoms with van der Waals surface area (Å²) < 4.78 is 14.0. The van der Waals surface area contributed by atoms with E-state index in [1.165, 1.54) is 6.07 Å². The molecule has 104 valence electrons. The van der Waals surface area contributed by atoms with Gasteiger partial charge in [-0.25, -0.2) is 4.39 Å². The highest BCUT2D eigenvalue weighted by atomic mass is 19.1. The standard InChI is InChI=1S/C13H18FN3O2/c1-8(18)10-4-5-17(7-10)12-3-2-9(6-11(12)14)13(15)16-19/h2-3,6,8,10,18-19H,4-5,7H2,1H3,(H2,15,16). The van der Waals surface area contributed by atoms with Crippen LogP contribution >= 0.6 is 0 Å². The van der Waals surface area contributed by atoms with Gasteiger partial charge in [-0.05, 0) is 31.5 Å². The number of hydrogen-bond acceptors (Lipinski definition) is 4. The summed E-state index contributed by atoms with van der Waals surface area (Å²) >= 11 is 0. The second-order valence-corrected chi connectivity index (χ2v) is 4.89. The van der Waals surface area contributed by atoms with Gasteiger partial charge < -0.3 is 20.9 Å². The van der Waals surface area contributed by atoms with Gasteiger partial charge in [0.1, 0.15) is 5.82 Å². The zero-order chi connectivity index (χ0) is 14.0. The highest BCUT2D eigenvalue weighted by Crippen LogP contribution is 2.28. The van der Waals surface area contributed by atoms with Crippen molar-refractivity contribution in [2.24, 2.45) is 16.8 Å². The molecule has 1 saturated heterocycles. The molecule has 0 aromatic heterocycles. The number of rotatable bonds is 3. The third-order valence-corrected chi connectivity index (χ3v) is 3.60. The van der Waals surface area contributed by atoms with E-state index in [9.17, 15) is 9.50 Å². The van der Waals surface area contributed by atoms with E-state index < -0.39 is 5.82 Å². The van der Waals surface area contributed by atoms with Crippen molar-refractivity contribution in [2.45, 2.75) is 19.4 Å². The van der Waals surface area contributed by atoms with Crippen LogP contribution < -0.4 is 10.6 Å². The number of aliphatic hydroxyl groups is 1. The molecule has 0 aliphatic carbocycles. The largest absolute Gasteiger partial charge is 0.409 e. The van der Waals surface area contributed by atoms with E-state index in [1.807, 2.05) is 4.90 Å². The van der Waals surface area contributed by atoms with E-state index in [-0.39, 0.29) is 17.9 Å². The summed E-state index contributed by atoms with van der Waals surface area (Å²) in [4.78, 5) is 1.91. The zero-order valence-corrected chi connectivity index (χ0v) is 10.8. The third-order valence-electron chi connectivity index (χ3n) is 3.60. The molecule has 0 radical (unpaired) electrons. The number of amidine groups is 1. The van der Waals surface area contributed by atoms with Crippen molar-refractivity contribution < 1.29 is 14.7 Å². The molecule has 2 rings (SSSR count). The highest BCUT2D eigenvalue weighted by Gasteiger charge is 2.27. The fourth-order valence-electron chi connectivity index (χ4n) is 2.38. The minimum atomic E-state index is -0.407. The molecule has 5 nitrogen and oxygen atoms in total. The van der Waals surface area contributed by atoms with Crippen molar-refractivity contribution >= 4 is 11.5 Å². The van der Waals surface area contributed by atoms with Crippen LogP contribution in [0.1, 0.15) is 18.9 Å². The van der Waals surface area contributed by atoms with E-state index >= 15 is 0 Å². The first-order chi connectivity index (χ1) is 9.02. The summed E-state index contributed by atoms with van der Waals surface area (Å²) in [7, 11) is 0. The highest BCUT2D eigenvalue weighted by molar-refractivity contribution is 5.97. The number of anilines is 1. The Hall–Kier alpha value is -1.82. The van der Waals surface area contributed by atoms with Gasteiger partial charge in [-0.3, -0.25) is 0 Å². The molecule has 1 aliphatic heterocycles. The number of oxime groups is 1. The molecule has 1 fully saturated rings. The number of hydrogen-bond donors (Lipinski definition) is 3. The van der Waals surface area contributed by atoms with Crippen LogP contribution in [0, 0.1) is 11.7 Å². The summed E-state index contributed by atoms with van der Waals surface area (Å²) in [6.07, 6.45) is 0.462. The van der Waals surface area contributed by atoms with Crippen LogP contribution in [0.25, 0.3) is 0 Å². The van der Waals surface area contributed by atoms with E-state index in [2.05, 4.69) is 5.16 Å². The van der Waals surface area contributed by atoms with Gasteiger partial charge in [0.05, 0.1) is 11.8 Å². The Morgan fingerprint density at radius 3 is 2.84 bits per heavy atom. The molecule has 1 aliphatic rings. The monoisotopic (exact) mass is 267 g/mol. The van der Waals surface area contributed by atoms with Crippen LogP contribution in [0.15, 0.2) is 23.4 Å². The second kappa shape index (κ2) is 5.44. The molecule has 1 aromatic rings. The lowest BCUT2D eigenvalue weighted by Gasteiger charge is -2.20. The Balaban J connectivity index is 2.18. The molecule has 6 heteroatoms. The number of nitrogens with zero attached hydrogens (tertiary/aromatic N) is 2. The van der Waals surface area contributed by atoms with Crippen molar-refractivity contribution in [2.75, 3.05) is 18.0 Å².